The van der Waals surface area contributed by atoms with E-state index in [0.29, 0.717) is 5.92 Å². The van der Waals surface area contributed by atoms with Gasteiger partial charge >= 0.3 is 24.3 Å². The molecule has 6 N–H and O–H groups in total. The van der Waals surface area contributed by atoms with Crippen LogP contribution in [-0.2, 0) is 9.59 Å². The topological polar surface area (TPSA) is 161 Å². The Kier molecular flexibility index (Phi) is 10.7. The van der Waals surface area contributed by atoms with Crippen LogP contribution < -0.4 is 16.4 Å². The van der Waals surface area contributed by atoms with E-state index in [-0.39, 0.29) is 11.6 Å². The lowest BCUT2D eigenvalue weighted by Gasteiger charge is -2.49. The summed E-state index contributed by atoms with van der Waals surface area (Å²) in [7, 11) is 0. The Morgan fingerprint density at radius 1 is 0.923 bits per heavy atom. The van der Waals surface area contributed by atoms with Crippen LogP contribution in [0.25, 0.3) is 5.69 Å². The zero-order valence-electron chi connectivity index (χ0n) is 20.7. The van der Waals surface area contributed by atoms with Crippen molar-refractivity contribution in [3.63, 3.8) is 0 Å². The molecule has 4 rings (SSSR count). The van der Waals surface area contributed by atoms with Crippen molar-refractivity contribution in [2.75, 3.05) is 18.0 Å². The van der Waals surface area contributed by atoms with Gasteiger partial charge in [0, 0.05) is 30.4 Å². The zero-order valence-corrected chi connectivity index (χ0v) is 20.7. The number of nitrogens with two attached hydrogens (primary N) is 2. The molecule has 1 aromatic carbocycles. The largest absolute Gasteiger partial charge is 0.490 e. The van der Waals surface area contributed by atoms with Crippen molar-refractivity contribution < 1.29 is 46.1 Å². The molecule has 16 heteroatoms. The Hall–Kier alpha value is -3.40. The maximum Gasteiger partial charge on any atom is 0.490 e. The first kappa shape index (κ1) is 31.8. The first-order chi connectivity index (χ1) is 18.1. The lowest BCUT2D eigenvalue weighted by molar-refractivity contribution is -0.193. The molecule has 2 fully saturated rings. The number of anilines is 1. The molecule has 1 saturated carbocycles. The SMILES string of the molecule is NC1CCCCC1(N)C1CCCN(c2ccc(-n3cncn3)cc2)C1.O=C(O)C(F)(F)F.O=C(O)C(F)(F)F. The third-order valence-electron chi connectivity index (χ3n) is 6.63. The van der Waals surface area contributed by atoms with E-state index in [2.05, 4.69) is 39.2 Å². The standard InChI is InChI=1S/C19H28N6.2C2HF3O2/c20-18-5-1-2-10-19(18,21)15-4-3-11-24(12-15)16-6-8-17(9-7-16)25-14-22-13-23-25;2*3-2(4,5)1(6)7/h6-9,13-15,18H,1-5,10-12,20-21H2;2*(H,6,7). The maximum atomic E-state index is 10.6. The molecule has 1 aliphatic carbocycles. The second-order valence-corrected chi connectivity index (χ2v) is 9.21. The van der Waals surface area contributed by atoms with Gasteiger partial charge in [0.25, 0.3) is 0 Å². The molecule has 0 amide bonds. The number of carboxylic acids is 2. The summed E-state index contributed by atoms with van der Waals surface area (Å²) in [6, 6.07) is 8.67. The van der Waals surface area contributed by atoms with Crippen molar-refractivity contribution in [1.29, 1.82) is 0 Å². The number of hydrogen-bond donors (Lipinski definition) is 4. The number of carbonyl (C=O) groups is 2. The fourth-order valence-corrected chi connectivity index (χ4v) is 4.56. The van der Waals surface area contributed by atoms with E-state index in [1.54, 1.807) is 17.3 Å². The Morgan fingerprint density at radius 3 is 1.92 bits per heavy atom. The molecular formula is C23H30F6N6O4. The summed E-state index contributed by atoms with van der Waals surface area (Å²) < 4.78 is 65.2. The van der Waals surface area contributed by atoms with Gasteiger partial charge in [0.1, 0.15) is 12.7 Å². The maximum absolute atomic E-state index is 10.6. The van der Waals surface area contributed by atoms with Crippen molar-refractivity contribution >= 4 is 17.6 Å². The van der Waals surface area contributed by atoms with Crippen LogP contribution in [0.1, 0.15) is 38.5 Å². The average Bonchev–Trinajstić information content (AvgIpc) is 3.41. The van der Waals surface area contributed by atoms with Gasteiger partial charge in [-0.05, 0) is 55.9 Å². The highest BCUT2D eigenvalue weighted by atomic mass is 19.4. The van der Waals surface area contributed by atoms with Crippen molar-refractivity contribution in [3.05, 3.63) is 36.9 Å². The first-order valence-corrected chi connectivity index (χ1v) is 11.9. The second kappa shape index (κ2) is 13.1. The number of rotatable bonds is 3. The molecule has 2 aliphatic rings. The van der Waals surface area contributed by atoms with Crippen LogP contribution in [0.3, 0.4) is 0 Å². The Balaban J connectivity index is 0.000000317. The summed E-state index contributed by atoms with van der Waals surface area (Å²) >= 11 is 0. The van der Waals surface area contributed by atoms with Gasteiger partial charge in [-0.1, -0.05) is 12.8 Å². The summed E-state index contributed by atoms with van der Waals surface area (Å²) in [5.41, 5.74) is 15.4. The summed E-state index contributed by atoms with van der Waals surface area (Å²) in [6.45, 7) is 2.09. The highest BCUT2D eigenvalue weighted by Crippen LogP contribution is 2.37. The van der Waals surface area contributed by atoms with Crippen molar-refractivity contribution in [2.24, 2.45) is 17.4 Å². The van der Waals surface area contributed by atoms with Gasteiger partial charge in [0.2, 0.25) is 0 Å². The number of aliphatic carboxylic acids is 2. The predicted molar refractivity (Wildman–Crippen MR) is 127 cm³/mol. The van der Waals surface area contributed by atoms with Crippen LogP contribution in [0.15, 0.2) is 36.9 Å². The number of halogens is 6. The fraction of sp³-hybridized carbons (Fsp3) is 0.565. The molecule has 0 radical (unpaired) electrons. The van der Waals surface area contributed by atoms with E-state index >= 15 is 0 Å². The van der Waals surface area contributed by atoms with Crippen molar-refractivity contribution in [2.45, 2.75) is 62.5 Å². The van der Waals surface area contributed by atoms with E-state index in [1.165, 1.54) is 31.4 Å². The monoisotopic (exact) mass is 568 g/mol. The van der Waals surface area contributed by atoms with E-state index < -0.39 is 24.3 Å². The Bertz CT molecular complexity index is 1040. The van der Waals surface area contributed by atoms with Crippen LogP contribution >= 0.6 is 0 Å². The minimum absolute atomic E-state index is 0.140. The van der Waals surface area contributed by atoms with Crippen LogP contribution in [0.5, 0.6) is 0 Å². The van der Waals surface area contributed by atoms with Gasteiger partial charge in [-0.3, -0.25) is 0 Å². The third-order valence-corrected chi connectivity index (χ3v) is 6.63. The fourth-order valence-electron chi connectivity index (χ4n) is 4.56. The molecule has 1 aromatic heterocycles. The first-order valence-electron chi connectivity index (χ1n) is 11.9. The summed E-state index contributed by atoms with van der Waals surface area (Å²) in [4.78, 5) is 24.3. The third kappa shape index (κ3) is 9.09. The quantitative estimate of drug-likeness (QED) is 0.407. The molecular weight excluding hydrogens is 538 g/mol. The molecule has 1 aliphatic heterocycles. The molecule has 218 valence electrons. The highest BCUT2D eigenvalue weighted by Gasteiger charge is 2.43. The van der Waals surface area contributed by atoms with E-state index in [0.717, 1.165) is 31.6 Å². The van der Waals surface area contributed by atoms with E-state index in [1.807, 2.05) is 0 Å². The van der Waals surface area contributed by atoms with Crippen LogP contribution in [-0.4, -0.2) is 73.9 Å². The lowest BCUT2D eigenvalue weighted by atomic mass is 9.68. The lowest BCUT2D eigenvalue weighted by Crippen LogP contribution is -2.64. The van der Waals surface area contributed by atoms with E-state index in [4.69, 9.17) is 31.3 Å². The molecule has 39 heavy (non-hydrogen) atoms. The Labute approximate surface area is 219 Å². The van der Waals surface area contributed by atoms with E-state index in [9.17, 15) is 26.3 Å². The summed E-state index contributed by atoms with van der Waals surface area (Å²) in [6.07, 6.45) is 0.0514. The smallest absolute Gasteiger partial charge is 0.475 e. The minimum atomic E-state index is -5.08. The molecule has 10 nitrogen and oxygen atoms in total. The van der Waals surface area contributed by atoms with Gasteiger partial charge in [-0.2, -0.15) is 31.4 Å². The number of nitrogens with zero attached hydrogens (tertiary/aromatic N) is 4. The molecule has 2 heterocycles. The summed E-state index contributed by atoms with van der Waals surface area (Å²) in [5.74, 6) is -5.04. The average molecular weight is 569 g/mol. The number of hydrogen-bond acceptors (Lipinski definition) is 7. The highest BCUT2D eigenvalue weighted by molar-refractivity contribution is 5.73. The van der Waals surface area contributed by atoms with Crippen LogP contribution in [0, 0.1) is 5.92 Å². The molecule has 0 spiro atoms. The number of piperidine rings is 1. The van der Waals surface area contributed by atoms with Crippen molar-refractivity contribution in [1.82, 2.24) is 14.8 Å². The number of carboxylic acid groups (broad SMARTS) is 2. The number of alkyl halides is 6. The van der Waals surface area contributed by atoms with Gasteiger partial charge in [0.05, 0.1) is 5.69 Å². The van der Waals surface area contributed by atoms with Gasteiger partial charge in [-0.25, -0.2) is 19.3 Å². The molecule has 0 bridgehead atoms. The molecule has 3 unspecified atom stereocenters. The normalized spacial score (nSPS) is 23.5. The molecule has 3 atom stereocenters. The zero-order chi connectivity index (χ0) is 29.4. The second-order valence-electron chi connectivity index (χ2n) is 9.21. The molecule has 2 aromatic rings. The minimum Gasteiger partial charge on any atom is -0.475 e. The Morgan fingerprint density at radius 2 is 1.46 bits per heavy atom. The van der Waals surface area contributed by atoms with Crippen molar-refractivity contribution in [3.8, 4) is 5.69 Å². The van der Waals surface area contributed by atoms with Crippen LogP contribution in [0.4, 0.5) is 32.0 Å². The summed E-state index contributed by atoms with van der Waals surface area (Å²) in [5, 5.41) is 18.4. The van der Waals surface area contributed by atoms with Gasteiger partial charge in [-0.15, -0.1) is 0 Å². The number of benzene rings is 1. The van der Waals surface area contributed by atoms with Crippen LogP contribution in [0.2, 0.25) is 0 Å². The predicted octanol–water partition coefficient (Wildman–Crippen LogP) is 3.35. The van der Waals surface area contributed by atoms with Gasteiger partial charge < -0.3 is 26.6 Å². The number of aromatic nitrogens is 3. The van der Waals surface area contributed by atoms with Gasteiger partial charge in [0.15, 0.2) is 0 Å². The molecule has 1 saturated heterocycles.